The lowest BCUT2D eigenvalue weighted by molar-refractivity contribution is -0.143. The van der Waals surface area contributed by atoms with Crippen molar-refractivity contribution in [2.75, 3.05) is 13.2 Å². The molecule has 0 saturated carbocycles. The molecule has 3 N–H and O–H groups in total. The second kappa shape index (κ2) is 60.9. The van der Waals surface area contributed by atoms with Crippen LogP contribution in [0.15, 0.2) is 24.3 Å². The highest BCUT2D eigenvalue weighted by Crippen LogP contribution is 2.18. The lowest BCUT2D eigenvalue weighted by Crippen LogP contribution is -2.45. The van der Waals surface area contributed by atoms with Gasteiger partial charge in [0.25, 0.3) is 0 Å². The van der Waals surface area contributed by atoms with E-state index in [1.807, 2.05) is 6.08 Å². The van der Waals surface area contributed by atoms with Crippen molar-refractivity contribution in [3.63, 3.8) is 0 Å². The van der Waals surface area contributed by atoms with Crippen LogP contribution in [0.4, 0.5) is 0 Å². The Bertz CT molecular complexity index is 1110. The number of allylic oxidation sites excluding steroid dienone is 3. The minimum Gasteiger partial charge on any atom is -0.466 e. The summed E-state index contributed by atoms with van der Waals surface area (Å²) in [5.41, 5.74) is 0. The highest BCUT2D eigenvalue weighted by atomic mass is 16.5. The second-order valence-electron chi connectivity index (χ2n) is 22.1. The van der Waals surface area contributed by atoms with Crippen molar-refractivity contribution in [3.8, 4) is 0 Å². The van der Waals surface area contributed by atoms with Crippen LogP contribution in [-0.2, 0) is 14.3 Å². The molecule has 2 atom stereocenters. The molecule has 0 aromatic rings. The lowest BCUT2D eigenvalue weighted by atomic mass is 10.0. The molecule has 0 radical (unpaired) electrons. The molecule has 2 unspecified atom stereocenters. The van der Waals surface area contributed by atoms with E-state index in [4.69, 9.17) is 4.74 Å². The zero-order chi connectivity index (χ0) is 51.4. The van der Waals surface area contributed by atoms with E-state index in [9.17, 15) is 19.8 Å². The third kappa shape index (κ3) is 57.5. The highest BCUT2D eigenvalue weighted by molar-refractivity contribution is 5.76. The Morgan fingerprint density at radius 2 is 0.662 bits per heavy atom. The summed E-state index contributed by atoms with van der Waals surface area (Å²) < 4.78 is 5.49. The molecule has 0 aliphatic rings. The average Bonchev–Trinajstić information content (AvgIpc) is 3.37. The molecule has 0 aromatic heterocycles. The van der Waals surface area contributed by atoms with Crippen LogP contribution < -0.4 is 5.32 Å². The Labute approximate surface area is 443 Å². The summed E-state index contributed by atoms with van der Waals surface area (Å²) in [6, 6.07) is -0.635. The van der Waals surface area contributed by atoms with E-state index in [2.05, 4.69) is 31.3 Å². The predicted octanol–water partition coefficient (Wildman–Crippen LogP) is 20.2. The molecule has 0 aliphatic heterocycles. The molecule has 0 fully saturated rings. The third-order valence-corrected chi connectivity index (χ3v) is 15.0. The van der Waals surface area contributed by atoms with E-state index in [0.29, 0.717) is 19.4 Å². The number of aliphatic hydroxyl groups excluding tert-OH is 2. The second-order valence-corrected chi connectivity index (χ2v) is 22.1. The van der Waals surface area contributed by atoms with E-state index in [1.54, 1.807) is 6.08 Å². The maximum absolute atomic E-state index is 12.5. The molecule has 0 bridgehead atoms. The molecular weight excluding hydrogens is 875 g/mol. The van der Waals surface area contributed by atoms with E-state index >= 15 is 0 Å². The monoisotopic (exact) mass is 1000 g/mol. The number of esters is 1. The summed E-state index contributed by atoms with van der Waals surface area (Å²) in [6.45, 7) is 4.91. The number of nitrogens with one attached hydrogen (secondary N) is 1. The molecule has 0 heterocycles. The Hall–Kier alpha value is -1.66. The van der Waals surface area contributed by atoms with Gasteiger partial charge in [0.1, 0.15) is 0 Å². The van der Waals surface area contributed by atoms with Gasteiger partial charge >= 0.3 is 5.97 Å². The first kappa shape index (κ1) is 69.3. The van der Waals surface area contributed by atoms with Gasteiger partial charge in [-0.05, 0) is 57.8 Å². The highest BCUT2D eigenvalue weighted by Gasteiger charge is 2.18. The van der Waals surface area contributed by atoms with Crippen LogP contribution in [0.3, 0.4) is 0 Å². The van der Waals surface area contributed by atoms with Gasteiger partial charge in [0.05, 0.1) is 25.4 Å². The smallest absolute Gasteiger partial charge is 0.305 e. The van der Waals surface area contributed by atoms with E-state index in [1.165, 1.54) is 276 Å². The Morgan fingerprint density at radius 3 is 1.00 bits per heavy atom. The molecule has 0 aromatic carbocycles. The molecule has 1 amide bonds. The van der Waals surface area contributed by atoms with Gasteiger partial charge in [-0.3, -0.25) is 9.59 Å². The maximum Gasteiger partial charge on any atom is 0.305 e. The van der Waals surface area contributed by atoms with Gasteiger partial charge < -0.3 is 20.3 Å². The number of hydrogen-bond acceptors (Lipinski definition) is 5. The van der Waals surface area contributed by atoms with Gasteiger partial charge in [-0.2, -0.15) is 0 Å². The number of rotatable bonds is 60. The summed E-state index contributed by atoms with van der Waals surface area (Å²) in [4.78, 5) is 24.6. The van der Waals surface area contributed by atoms with Crippen LogP contribution in [0.2, 0.25) is 0 Å². The summed E-state index contributed by atoms with van der Waals surface area (Å²) in [5, 5.41) is 23.2. The summed E-state index contributed by atoms with van der Waals surface area (Å²) in [6.07, 6.45) is 75.0. The van der Waals surface area contributed by atoms with Crippen molar-refractivity contribution in [2.24, 2.45) is 0 Å². The minimum absolute atomic E-state index is 0.00252. The van der Waals surface area contributed by atoms with Crippen molar-refractivity contribution in [2.45, 2.75) is 366 Å². The van der Waals surface area contributed by atoms with Crippen molar-refractivity contribution < 1.29 is 24.5 Å². The molecule has 6 heteroatoms. The van der Waals surface area contributed by atoms with Gasteiger partial charge in [0.2, 0.25) is 5.91 Å². The molecule has 0 saturated heterocycles. The molecular formula is C65H125NO5. The van der Waals surface area contributed by atoms with Crippen LogP contribution in [0.5, 0.6) is 0 Å². The molecule has 0 aliphatic carbocycles. The van der Waals surface area contributed by atoms with Gasteiger partial charge in [-0.15, -0.1) is 0 Å². The molecule has 6 nitrogen and oxygen atoms in total. The Morgan fingerprint density at radius 1 is 0.380 bits per heavy atom. The number of aliphatic hydroxyl groups is 2. The minimum atomic E-state index is -0.851. The van der Waals surface area contributed by atoms with E-state index < -0.39 is 12.1 Å². The van der Waals surface area contributed by atoms with Gasteiger partial charge in [-0.1, -0.05) is 308 Å². The SMILES string of the molecule is CCCCCCCCC/C=C\CCCCCCCCCC(=O)OCCCCCCCCCCCCCCCCCC(=O)NC(CO)C(O)/C=C/CCCCCCCCCCCCCCCCCCCCC. The topological polar surface area (TPSA) is 95.9 Å². The average molecular weight is 1000 g/mol. The summed E-state index contributed by atoms with van der Waals surface area (Å²) >= 11 is 0. The van der Waals surface area contributed by atoms with Crippen molar-refractivity contribution in [1.29, 1.82) is 0 Å². The number of ether oxygens (including phenoxy) is 1. The Balaban J connectivity index is 3.45. The maximum atomic E-state index is 12.5. The van der Waals surface area contributed by atoms with Crippen LogP contribution in [0.1, 0.15) is 354 Å². The van der Waals surface area contributed by atoms with E-state index in [0.717, 1.165) is 51.4 Å². The summed E-state index contributed by atoms with van der Waals surface area (Å²) in [5.74, 6) is -0.0757. The largest absolute Gasteiger partial charge is 0.466 e. The molecule has 420 valence electrons. The van der Waals surface area contributed by atoms with E-state index in [-0.39, 0.29) is 18.5 Å². The van der Waals surface area contributed by atoms with Gasteiger partial charge in [-0.25, -0.2) is 0 Å². The van der Waals surface area contributed by atoms with Crippen molar-refractivity contribution in [3.05, 3.63) is 24.3 Å². The van der Waals surface area contributed by atoms with Gasteiger partial charge in [0, 0.05) is 12.8 Å². The molecule has 71 heavy (non-hydrogen) atoms. The zero-order valence-corrected chi connectivity index (χ0v) is 48.0. The van der Waals surface area contributed by atoms with Crippen LogP contribution in [-0.4, -0.2) is 47.4 Å². The fraction of sp³-hybridized carbons (Fsp3) is 0.908. The van der Waals surface area contributed by atoms with Crippen molar-refractivity contribution >= 4 is 11.9 Å². The molecule has 0 spiro atoms. The van der Waals surface area contributed by atoms with Crippen molar-refractivity contribution in [1.82, 2.24) is 5.32 Å². The zero-order valence-electron chi connectivity index (χ0n) is 48.0. The first-order chi connectivity index (χ1) is 35.0. The normalized spacial score (nSPS) is 12.7. The fourth-order valence-electron chi connectivity index (χ4n) is 10.0. The quantitative estimate of drug-likeness (QED) is 0.0320. The summed E-state index contributed by atoms with van der Waals surface area (Å²) in [7, 11) is 0. The van der Waals surface area contributed by atoms with Crippen LogP contribution in [0.25, 0.3) is 0 Å². The number of amides is 1. The number of carbonyl (C=O) groups is 2. The first-order valence-corrected chi connectivity index (χ1v) is 32.1. The molecule has 0 rings (SSSR count). The lowest BCUT2D eigenvalue weighted by Gasteiger charge is -2.20. The number of hydrogen-bond donors (Lipinski definition) is 3. The number of carbonyl (C=O) groups excluding carboxylic acids is 2. The predicted molar refractivity (Wildman–Crippen MR) is 310 cm³/mol. The van der Waals surface area contributed by atoms with Crippen LogP contribution in [0, 0.1) is 0 Å². The fourth-order valence-corrected chi connectivity index (χ4v) is 10.0. The van der Waals surface area contributed by atoms with Crippen LogP contribution >= 0.6 is 0 Å². The third-order valence-electron chi connectivity index (χ3n) is 15.0. The Kier molecular flexibility index (Phi) is 59.5. The van der Waals surface area contributed by atoms with Gasteiger partial charge in [0.15, 0.2) is 0 Å². The standard InChI is InChI=1S/C65H125NO5/c1-3-5-7-9-11-13-15-17-19-21-23-24-25-26-29-33-37-41-45-49-53-57-63(68)62(61-67)66-64(69)58-54-50-46-42-38-34-30-28-32-36-40-44-48-52-56-60-71-65(70)59-55-51-47-43-39-35-31-27-22-20-18-16-14-12-10-8-6-4-2/h20,22,53,57,62-63,67-68H,3-19,21,23-52,54-56,58-61H2,1-2H3,(H,66,69)/b22-20-,57-53+. The number of unbranched alkanes of at least 4 members (excludes halogenated alkanes) is 47. The first-order valence-electron chi connectivity index (χ1n) is 32.1.